The van der Waals surface area contributed by atoms with E-state index in [2.05, 4.69) is 0 Å². The monoisotopic (exact) mass is 1390 g/mol. The van der Waals surface area contributed by atoms with Gasteiger partial charge in [0.2, 0.25) is 6.29 Å². The summed E-state index contributed by atoms with van der Waals surface area (Å²) < 4.78 is 135. The zero-order chi connectivity index (χ0) is 68.2. The summed E-state index contributed by atoms with van der Waals surface area (Å²) in [5, 5.41) is 79.6. The molecule has 1 aromatic rings. The van der Waals surface area contributed by atoms with Crippen LogP contribution in [0.2, 0.25) is 10.0 Å². The first-order valence-electron chi connectivity index (χ1n) is 31.3. The molecule has 31 atom stereocenters. The Hall–Kier alpha value is -2.99. The van der Waals surface area contributed by atoms with Gasteiger partial charge in [-0.25, -0.2) is 4.79 Å². The normalized spacial score (nSPS) is 47.7. The van der Waals surface area contributed by atoms with Crippen LogP contribution >= 0.6 is 23.2 Å². The van der Waals surface area contributed by atoms with Crippen LogP contribution < -0.4 is 4.74 Å². The number of benzene rings is 1. The molecule has 7 unspecified atom stereocenters. The molecule has 0 aliphatic carbocycles. The van der Waals surface area contributed by atoms with E-state index in [0.717, 1.165) is 0 Å². The number of aromatic hydroxyl groups is 1. The number of methoxy groups -OCH3 is 3. The molecule has 10 aliphatic heterocycles. The highest BCUT2D eigenvalue weighted by molar-refractivity contribution is 6.39. The summed E-state index contributed by atoms with van der Waals surface area (Å²) in [7, 11) is 3.90. The molecule has 34 heteroatoms. The molecule has 10 saturated heterocycles. The summed E-state index contributed by atoms with van der Waals surface area (Å²) in [5.41, 5.74) is -3.37. The quantitative estimate of drug-likeness (QED) is 0.104. The van der Waals surface area contributed by atoms with Crippen LogP contribution in [-0.2, 0) is 109 Å². The molecule has 0 bridgehead atoms. The SMILES string of the molecule is COc1c(Cl)c(O)c(Cl)c(C)c1C(=O)O[C@H]1[C@H](O)CC(O[C@H]2[C@H](O)CC3(O[C@@H]4[C@@H](C)OC(OC5C(O)[C@H](O[C@H]6[C@H](O)[C@H](OC)[C@H](OC7OC[C@@H]8OC9(O[C@H]8[C@H]7OC(=O)C(C)C)O[C@H](C)[C@@](O)(C(C)=O)[C@@H]7OCO[C@H]79)O[C@@H]6CO)O[C@H](C)[C@@H]5OC)C[C@@]4(C)O3)O[C@@H]2C)O[C@@H]1C. The van der Waals surface area contributed by atoms with E-state index in [0.29, 0.717) is 0 Å². The Balaban J connectivity index is 0.716. The molecular formula is C60H86Cl2O32. The first kappa shape index (κ1) is 72.3. The maximum Gasteiger partial charge on any atom is 0.342 e. The van der Waals surface area contributed by atoms with Gasteiger partial charge >= 0.3 is 17.9 Å². The molecule has 0 radical (unpaired) electrons. The van der Waals surface area contributed by atoms with E-state index in [1.165, 1.54) is 42.1 Å². The van der Waals surface area contributed by atoms with Gasteiger partial charge in [0, 0.05) is 27.1 Å². The lowest BCUT2D eigenvalue weighted by Gasteiger charge is -2.49. The highest BCUT2D eigenvalue weighted by Gasteiger charge is 2.73. The molecule has 0 saturated carbocycles. The third kappa shape index (κ3) is 12.9. The topological polar surface area (TPSA) is 396 Å². The lowest BCUT2D eigenvalue weighted by Crippen LogP contribution is -2.72. The highest BCUT2D eigenvalue weighted by atomic mass is 35.5. The molecule has 10 fully saturated rings. The van der Waals surface area contributed by atoms with Gasteiger partial charge in [0.15, 0.2) is 66.4 Å². The van der Waals surface area contributed by atoms with Gasteiger partial charge in [0.25, 0.3) is 5.97 Å². The van der Waals surface area contributed by atoms with Gasteiger partial charge in [0.1, 0.15) is 96.2 Å². The van der Waals surface area contributed by atoms with Gasteiger partial charge in [-0.05, 0) is 61.0 Å². The van der Waals surface area contributed by atoms with Crippen LogP contribution in [0.3, 0.4) is 0 Å². The fourth-order valence-corrected chi connectivity index (χ4v) is 14.9. The van der Waals surface area contributed by atoms with Crippen molar-refractivity contribution >= 4 is 40.9 Å². The van der Waals surface area contributed by atoms with Crippen molar-refractivity contribution in [2.45, 2.75) is 277 Å². The maximum atomic E-state index is 13.5. The number of hydrogen-bond donors (Lipinski definition) is 7. The predicted octanol–water partition coefficient (Wildman–Crippen LogP) is 0.398. The Morgan fingerprint density at radius 1 is 0.660 bits per heavy atom. The average Bonchev–Trinajstić information content (AvgIpc) is 1.53. The molecule has 32 nitrogen and oxygen atoms in total. The predicted molar refractivity (Wildman–Crippen MR) is 308 cm³/mol. The standard InChI is InChI=1S/C60H86Cl2O32/c1-20(2)52(70)86-48-44-31(91-60(92-44)51-50(77-19-78-51)59(72,26(8)64)27(9)90-60)18-76-55(48)88-56-47(75-13)38(68)43(30(17-63)82-56)87-54-39(69)46(42(73-11)23(5)81-54)84-33-16-57(10)49(25(7)80-33)93-58(94-57)15-29(66)41(24(6)89-58)83-32-14-28(65)40(22(4)79-32)85-53(71)34-21(3)35(61)37(67)36(62)45(34)74-12/h20,22-25,27-33,38-44,46-51,54-56,63,65-69,72H,14-19H2,1-13H3/t22-,23-,24-,25-,27-,28-,29-,30-,31+,32?,33?,38+,39?,40-,41-,42+,43-,44-,46?,47+,48-,49-,50-,51-,54+,55?,56+,57-,58?,59+,60?/m1/s1. The molecule has 0 amide bonds. The summed E-state index contributed by atoms with van der Waals surface area (Å²) in [6.45, 7) is 14.3. The van der Waals surface area contributed by atoms with E-state index in [1.54, 1.807) is 48.5 Å². The number of aliphatic hydroxyl groups excluding tert-OH is 5. The van der Waals surface area contributed by atoms with Gasteiger partial charge in [-0.1, -0.05) is 37.0 Å². The lowest BCUT2D eigenvalue weighted by atomic mass is 9.81. The largest absolute Gasteiger partial charge is 0.505 e. The van der Waals surface area contributed by atoms with Crippen molar-refractivity contribution in [2.24, 2.45) is 5.92 Å². The summed E-state index contributed by atoms with van der Waals surface area (Å²) in [6.07, 6.45) is -33.8. The van der Waals surface area contributed by atoms with Gasteiger partial charge in [-0.3, -0.25) is 9.59 Å². The smallest absolute Gasteiger partial charge is 0.342 e. The van der Waals surface area contributed by atoms with Gasteiger partial charge in [0.05, 0.1) is 80.4 Å². The van der Waals surface area contributed by atoms with Crippen molar-refractivity contribution in [2.75, 3.05) is 41.3 Å². The Morgan fingerprint density at radius 2 is 1.34 bits per heavy atom. The molecule has 10 aliphatic rings. The van der Waals surface area contributed by atoms with Crippen molar-refractivity contribution in [3.8, 4) is 11.5 Å². The minimum atomic E-state index is -2.14. The number of carbonyl (C=O) groups is 3. The Morgan fingerprint density at radius 3 is 1.99 bits per heavy atom. The van der Waals surface area contributed by atoms with Crippen molar-refractivity contribution < 1.29 is 154 Å². The number of carbonyl (C=O) groups excluding carboxylic acids is 3. The second-order valence-electron chi connectivity index (χ2n) is 25.9. The number of Topliss-reactive ketones (excluding diaryl/α,β-unsaturated/α-hetero) is 1. The number of hydrogen-bond acceptors (Lipinski definition) is 32. The summed E-state index contributed by atoms with van der Waals surface area (Å²) >= 11 is 12.5. The molecule has 2 spiro atoms. The fourth-order valence-electron chi connectivity index (χ4n) is 14.4. The van der Waals surface area contributed by atoms with Crippen LogP contribution in [0.5, 0.6) is 11.5 Å². The van der Waals surface area contributed by atoms with Crippen LogP contribution in [0.1, 0.15) is 97.5 Å². The van der Waals surface area contributed by atoms with Gasteiger partial charge in [-0.2, -0.15) is 0 Å². The maximum absolute atomic E-state index is 13.5. The minimum Gasteiger partial charge on any atom is -0.505 e. The molecule has 7 N–H and O–H groups in total. The van der Waals surface area contributed by atoms with E-state index in [4.69, 9.17) is 127 Å². The number of halogens is 2. The van der Waals surface area contributed by atoms with E-state index in [9.17, 15) is 50.1 Å². The van der Waals surface area contributed by atoms with Crippen LogP contribution in [-0.4, -0.2) is 284 Å². The van der Waals surface area contributed by atoms with Crippen LogP contribution in [0.15, 0.2) is 0 Å². The van der Waals surface area contributed by atoms with Crippen molar-refractivity contribution in [1.29, 1.82) is 0 Å². The third-order valence-electron chi connectivity index (χ3n) is 19.2. The molecule has 11 rings (SSSR count). The number of ketones is 1. The highest BCUT2D eigenvalue weighted by Crippen LogP contribution is 2.53. The van der Waals surface area contributed by atoms with Crippen molar-refractivity contribution in [1.82, 2.24) is 0 Å². The Kier molecular flexibility index (Phi) is 21.4. The van der Waals surface area contributed by atoms with E-state index in [1.807, 2.05) is 0 Å². The van der Waals surface area contributed by atoms with Crippen LogP contribution in [0, 0.1) is 12.8 Å². The third-order valence-corrected chi connectivity index (χ3v) is 20.1. The van der Waals surface area contributed by atoms with E-state index >= 15 is 0 Å². The average molecular weight is 1390 g/mol. The number of fused-ring (bicyclic) bond motifs is 4. The van der Waals surface area contributed by atoms with Crippen LogP contribution in [0.25, 0.3) is 0 Å². The van der Waals surface area contributed by atoms with Gasteiger partial charge in [-0.15, -0.1) is 0 Å². The van der Waals surface area contributed by atoms with Gasteiger partial charge < -0.3 is 140 Å². The van der Waals surface area contributed by atoms with Crippen LogP contribution in [0.4, 0.5) is 0 Å². The number of phenols is 1. The molecular weight excluding hydrogens is 1300 g/mol. The minimum absolute atomic E-state index is 0.0142. The zero-order valence-electron chi connectivity index (χ0n) is 54.0. The number of rotatable bonds is 17. The Bertz CT molecular complexity index is 2870. The molecule has 532 valence electrons. The molecule has 10 heterocycles. The Labute approximate surface area is 550 Å². The van der Waals surface area contributed by atoms with Crippen molar-refractivity contribution in [3.05, 3.63) is 21.2 Å². The summed E-state index contributed by atoms with van der Waals surface area (Å²) in [5.74, 6) is -7.50. The van der Waals surface area contributed by atoms with E-state index in [-0.39, 0.29) is 59.6 Å². The first-order valence-corrected chi connectivity index (χ1v) is 32.1. The lowest BCUT2D eigenvalue weighted by molar-refractivity contribution is -0.428. The number of esters is 2. The fraction of sp³-hybridized carbons (Fsp3) is 0.850. The zero-order valence-corrected chi connectivity index (χ0v) is 55.5. The molecule has 0 aromatic heterocycles. The molecule has 1 aromatic carbocycles. The number of aliphatic hydroxyl groups is 6. The summed E-state index contributed by atoms with van der Waals surface area (Å²) in [6, 6.07) is 0. The number of ether oxygens (including phenoxy) is 22. The molecule has 94 heavy (non-hydrogen) atoms. The second-order valence-corrected chi connectivity index (χ2v) is 26.7. The number of phenolic OH excluding ortho intramolecular Hbond substituents is 1. The first-order chi connectivity index (χ1) is 44.4. The van der Waals surface area contributed by atoms with Crippen molar-refractivity contribution in [3.63, 3.8) is 0 Å². The summed E-state index contributed by atoms with van der Waals surface area (Å²) in [4.78, 5) is 39.7. The van der Waals surface area contributed by atoms with E-state index < -0.39 is 225 Å². The second kappa shape index (κ2) is 27.9.